The molecule has 114 valence electrons. The highest BCUT2D eigenvalue weighted by Gasteiger charge is 2.00. The fraction of sp³-hybridized carbons (Fsp3) is 0.714. The van der Waals surface area contributed by atoms with Crippen molar-refractivity contribution in [1.82, 2.24) is 25.3 Å². The van der Waals surface area contributed by atoms with Crippen molar-refractivity contribution in [2.24, 2.45) is 4.99 Å². The molecule has 1 aromatic rings. The molecule has 0 bridgehead atoms. The third-order valence-corrected chi connectivity index (χ3v) is 3.25. The van der Waals surface area contributed by atoms with Crippen LogP contribution in [0.15, 0.2) is 23.5 Å². The summed E-state index contributed by atoms with van der Waals surface area (Å²) in [5, 5.41) is 10.8. The van der Waals surface area contributed by atoms with Crippen LogP contribution in [0, 0.1) is 0 Å². The molecule has 1 heterocycles. The zero-order valence-corrected chi connectivity index (χ0v) is 13.0. The van der Waals surface area contributed by atoms with Gasteiger partial charge in [-0.1, -0.05) is 13.8 Å². The van der Waals surface area contributed by atoms with Crippen LogP contribution < -0.4 is 10.6 Å². The second-order valence-corrected chi connectivity index (χ2v) is 4.58. The molecule has 20 heavy (non-hydrogen) atoms. The molecule has 0 spiro atoms. The van der Waals surface area contributed by atoms with Gasteiger partial charge in [0.1, 0.15) is 0 Å². The van der Waals surface area contributed by atoms with Crippen LogP contribution in [-0.2, 0) is 6.54 Å². The number of nitrogens with one attached hydrogen (secondary N) is 2. The Bertz CT molecular complexity index is 356. The summed E-state index contributed by atoms with van der Waals surface area (Å²) in [5.41, 5.74) is 0. The molecule has 6 nitrogen and oxygen atoms in total. The van der Waals surface area contributed by atoms with Crippen molar-refractivity contribution in [3.8, 4) is 0 Å². The summed E-state index contributed by atoms with van der Waals surface area (Å²) in [6.07, 6.45) is 4.82. The average Bonchev–Trinajstić information content (AvgIpc) is 2.99. The smallest absolute Gasteiger partial charge is 0.191 e. The van der Waals surface area contributed by atoms with E-state index in [-0.39, 0.29) is 0 Å². The predicted molar refractivity (Wildman–Crippen MR) is 84.0 cm³/mol. The fourth-order valence-corrected chi connectivity index (χ4v) is 1.97. The third-order valence-electron chi connectivity index (χ3n) is 3.25. The lowest BCUT2D eigenvalue weighted by Crippen LogP contribution is -2.42. The van der Waals surface area contributed by atoms with E-state index in [0.717, 1.165) is 51.6 Å². The molecule has 6 heteroatoms. The molecule has 0 saturated carbocycles. The van der Waals surface area contributed by atoms with Crippen molar-refractivity contribution < 1.29 is 0 Å². The van der Waals surface area contributed by atoms with Crippen LogP contribution >= 0.6 is 0 Å². The SMILES string of the molecule is CCN(CC)CCNC(=NC)NCCCn1cccn1. The molecule has 0 atom stereocenters. The number of aliphatic imine (C=N–C) groups is 1. The van der Waals surface area contributed by atoms with Gasteiger partial charge in [-0.3, -0.25) is 9.67 Å². The average molecular weight is 280 g/mol. The first-order valence-corrected chi connectivity index (χ1v) is 7.44. The second kappa shape index (κ2) is 10.3. The number of aromatic nitrogens is 2. The monoisotopic (exact) mass is 280 g/mol. The normalized spacial score (nSPS) is 11.9. The van der Waals surface area contributed by atoms with Gasteiger partial charge in [-0.2, -0.15) is 5.10 Å². The zero-order chi connectivity index (χ0) is 14.6. The second-order valence-electron chi connectivity index (χ2n) is 4.58. The Morgan fingerprint density at radius 1 is 1.25 bits per heavy atom. The molecule has 0 unspecified atom stereocenters. The Morgan fingerprint density at radius 3 is 2.60 bits per heavy atom. The lowest BCUT2D eigenvalue weighted by atomic mass is 10.4. The van der Waals surface area contributed by atoms with E-state index in [0.29, 0.717) is 0 Å². The first-order chi connectivity index (χ1) is 9.80. The Morgan fingerprint density at radius 2 is 2.00 bits per heavy atom. The summed E-state index contributed by atoms with van der Waals surface area (Å²) in [4.78, 5) is 6.61. The molecule has 1 rings (SSSR count). The molecular weight excluding hydrogens is 252 g/mol. The largest absolute Gasteiger partial charge is 0.356 e. The van der Waals surface area contributed by atoms with Gasteiger partial charge in [0, 0.05) is 45.6 Å². The maximum atomic E-state index is 4.22. The minimum absolute atomic E-state index is 0.873. The lowest BCUT2D eigenvalue weighted by Gasteiger charge is -2.19. The van der Waals surface area contributed by atoms with Crippen LogP contribution in [0.25, 0.3) is 0 Å². The molecule has 0 aromatic carbocycles. The highest BCUT2D eigenvalue weighted by molar-refractivity contribution is 5.79. The summed E-state index contributed by atoms with van der Waals surface area (Å²) < 4.78 is 1.94. The van der Waals surface area contributed by atoms with Gasteiger partial charge in [0.25, 0.3) is 0 Å². The van der Waals surface area contributed by atoms with Crippen LogP contribution in [0.5, 0.6) is 0 Å². The van der Waals surface area contributed by atoms with Crippen LogP contribution in [0.3, 0.4) is 0 Å². The number of aryl methyl sites for hydroxylation is 1. The molecule has 0 radical (unpaired) electrons. The van der Waals surface area contributed by atoms with Gasteiger partial charge < -0.3 is 15.5 Å². The zero-order valence-electron chi connectivity index (χ0n) is 13.0. The van der Waals surface area contributed by atoms with Crippen molar-refractivity contribution in [2.45, 2.75) is 26.8 Å². The first kappa shape index (κ1) is 16.5. The molecular formula is C14H28N6. The summed E-state index contributed by atoms with van der Waals surface area (Å²) in [7, 11) is 1.81. The van der Waals surface area contributed by atoms with Gasteiger partial charge >= 0.3 is 0 Å². The van der Waals surface area contributed by atoms with Crippen molar-refractivity contribution in [3.63, 3.8) is 0 Å². The van der Waals surface area contributed by atoms with Gasteiger partial charge in [0.15, 0.2) is 5.96 Å². The van der Waals surface area contributed by atoms with E-state index in [4.69, 9.17) is 0 Å². The van der Waals surface area contributed by atoms with Gasteiger partial charge in [-0.25, -0.2) is 0 Å². The van der Waals surface area contributed by atoms with E-state index in [9.17, 15) is 0 Å². The first-order valence-electron chi connectivity index (χ1n) is 7.44. The number of likely N-dealkylation sites (N-methyl/N-ethyl adjacent to an activating group) is 1. The highest BCUT2D eigenvalue weighted by atomic mass is 15.3. The Labute approximate surface area is 122 Å². The van der Waals surface area contributed by atoms with Crippen molar-refractivity contribution in [2.75, 3.05) is 39.8 Å². The fourth-order valence-electron chi connectivity index (χ4n) is 1.97. The van der Waals surface area contributed by atoms with E-state index >= 15 is 0 Å². The third kappa shape index (κ3) is 6.56. The Hall–Kier alpha value is -1.56. The van der Waals surface area contributed by atoms with Crippen LogP contribution in [0.4, 0.5) is 0 Å². The molecule has 0 fully saturated rings. The molecule has 0 amide bonds. The van der Waals surface area contributed by atoms with Gasteiger partial charge in [0.05, 0.1) is 0 Å². The summed E-state index contributed by atoms with van der Waals surface area (Å²) >= 11 is 0. The summed E-state index contributed by atoms with van der Waals surface area (Å²) in [6.45, 7) is 10.3. The van der Waals surface area contributed by atoms with Crippen molar-refractivity contribution in [3.05, 3.63) is 18.5 Å². The van der Waals surface area contributed by atoms with Crippen LogP contribution in [0.2, 0.25) is 0 Å². The minimum atomic E-state index is 0.873. The van der Waals surface area contributed by atoms with E-state index in [2.05, 4.69) is 39.5 Å². The topological polar surface area (TPSA) is 57.5 Å². The molecule has 1 aromatic heterocycles. The molecule has 0 saturated heterocycles. The lowest BCUT2D eigenvalue weighted by molar-refractivity contribution is 0.308. The number of guanidine groups is 1. The van der Waals surface area contributed by atoms with Gasteiger partial charge in [-0.05, 0) is 25.6 Å². The highest BCUT2D eigenvalue weighted by Crippen LogP contribution is 1.88. The van der Waals surface area contributed by atoms with Crippen molar-refractivity contribution in [1.29, 1.82) is 0 Å². The van der Waals surface area contributed by atoms with E-state index in [1.54, 1.807) is 13.2 Å². The molecule has 0 aliphatic rings. The number of hydrogen-bond acceptors (Lipinski definition) is 3. The number of nitrogens with zero attached hydrogens (tertiary/aromatic N) is 4. The van der Waals surface area contributed by atoms with E-state index in [1.807, 2.05) is 16.9 Å². The van der Waals surface area contributed by atoms with E-state index in [1.165, 1.54) is 0 Å². The van der Waals surface area contributed by atoms with Crippen LogP contribution in [0.1, 0.15) is 20.3 Å². The van der Waals surface area contributed by atoms with Crippen LogP contribution in [-0.4, -0.2) is 60.4 Å². The Balaban J connectivity index is 2.10. The van der Waals surface area contributed by atoms with E-state index < -0.39 is 0 Å². The molecule has 0 aliphatic heterocycles. The van der Waals surface area contributed by atoms with Crippen molar-refractivity contribution >= 4 is 5.96 Å². The summed E-state index contributed by atoms with van der Waals surface area (Å²) in [5.74, 6) is 0.873. The summed E-state index contributed by atoms with van der Waals surface area (Å²) in [6, 6.07) is 1.95. The standard InChI is InChI=1S/C14H28N6/c1-4-19(5-2)13-10-17-14(15-3)16-8-6-11-20-12-7-9-18-20/h7,9,12H,4-6,8,10-11,13H2,1-3H3,(H2,15,16,17). The quantitative estimate of drug-likeness (QED) is 0.399. The minimum Gasteiger partial charge on any atom is -0.356 e. The molecule has 0 aliphatic carbocycles. The predicted octanol–water partition coefficient (Wildman–Crippen LogP) is 0.780. The maximum absolute atomic E-state index is 4.22. The molecule has 2 N–H and O–H groups in total. The maximum Gasteiger partial charge on any atom is 0.191 e. The number of rotatable bonds is 9. The number of hydrogen-bond donors (Lipinski definition) is 2. The Kier molecular flexibility index (Phi) is 8.46. The van der Waals surface area contributed by atoms with Gasteiger partial charge in [0.2, 0.25) is 0 Å². The van der Waals surface area contributed by atoms with Gasteiger partial charge in [-0.15, -0.1) is 0 Å².